The van der Waals surface area contributed by atoms with Crippen molar-refractivity contribution in [2.24, 2.45) is 0 Å². The Balaban J connectivity index is 1.41. The van der Waals surface area contributed by atoms with Crippen molar-refractivity contribution in [3.63, 3.8) is 0 Å². The number of halogens is 1. The van der Waals surface area contributed by atoms with E-state index in [1.165, 1.54) is 4.90 Å². The zero-order valence-corrected chi connectivity index (χ0v) is 24.2. The molecule has 5 rings (SSSR count). The quantitative estimate of drug-likeness (QED) is 0.158. The molecule has 4 aromatic rings. The highest BCUT2D eigenvalue weighted by Gasteiger charge is 2.35. The van der Waals surface area contributed by atoms with E-state index >= 15 is 0 Å². The number of carbonyl (C=O) groups is 2. The number of hydrogen-bond donors (Lipinski definition) is 1. The molecule has 1 aromatic heterocycles. The summed E-state index contributed by atoms with van der Waals surface area (Å²) in [4.78, 5) is 27.8. The smallest absolute Gasteiger partial charge is 0.270 e. The van der Waals surface area contributed by atoms with E-state index in [4.69, 9.17) is 28.6 Å². The van der Waals surface area contributed by atoms with Crippen LogP contribution in [0.5, 0.6) is 5.75 Å². The fraction of sp³-hybridized carbons (Fsp3) is 0.156. The number of carbonyl (C=O) groups excluding carboxylic acids is 2. The van der Waals surface area contributed by atoms with E-state index in [-0.39, 0.29) is 10.7 Å². The Morgan fingerprint density at radius 2 is 1.68 bits per heavy atom. The van der Waals surface area contributed by atoms with E-state index in [0.717, 1.165) is 45.1 Å². The first-order valence-electron chi connectivity index (χ1n) is 12.8. The Bertz CT molecular complexity index is 1690. The molecule has 202 valence electrons. The molecule has 0 atom stereocenters. The van der Waals surface area contributed by atoms with Crippen LogP contribution in [0.25, 0.3) is 11.8 Å². The topological polar surface area (TPSA) is 63.6 Å². The van der Waals surface area contributed by atoms with Gasteiger partial charge in [-0.15, -0.1) is 0 Å². The second kappa shape index (κ2) is 11.1. The average Bonchev–Trinajstić information content (AvgIpc) is 3.19. The van der Waals surface area contributed by atoms with Gasteiger partial charge in [-0.1, -0.05) is 47.5 Å². The number of nitrogens with one attached hydrogen (secondary N) is 1. The van der Waals surface area contributed by atoms with Crippen molar-refractivity contribution in [1.82, 2.24) is 9.88 Å². The molecule has 1 N–H and O–H groups in total. The Labute approximate surface area is 243 Å². The summed E-state index contributed by atoms with van der Waals surface area (Å²) in [5, 5.41) is 3.42. The van der Waals surface area contributed by atoms with Crippen LogP contribution < -0.4 is 15.0 Å². The highest BCUT2D eigenvalue weighted by molar-refractivity contribution is 7.80. The molecule has 6 nitrogen and oxygen atoms in total. The van der Waals surface area contributed by atoms with Crippen molar-refractivity contribution in [3.05, 3.63) is 117 Å². The number of benzene rings is 3. The van der Waals surface area contributed by atoms with Crippen LogP contribution in [0.3, 0.4) is 0 Å². The van der Waals surface area contributed by atoms with Crippen molar-refractivity contribution < 1.29 is 14.3 Å². The number of thiocarbonyl (C=S) groups is 1. The van der Waals surface area contributed by atoms with Gasteiger partial charge in [-0.3, -0.25) is 19.8 Å². The lowest BCUT2D eigenvalue weighted by molar-refractivity contribution is -0.122. The van der Waals surface area contributed by atoms with Gasteiger partial charge >= 0.3 is 0 Å². The first-order chi connectivity index (χ1) is 19.1. The Morgan fingerprint density at radius 1 is 0.950 bits per heavy atom. The second-order valence-corrected chi connectivity index (χ2v) is 10.6. The molecule has 1 aliphatic rings. The van der Waals surface area contributed by atoms with E-state index in [2.05, 4.69) is 9.88 Å². The van der Waals surface area contributed by atoms with Crippen molar-refractivity contribution >= 4 is 52.5 Å². The van der Waals surface area contributed by atoms with Crippen molar-refractivity contribution in [2.75, 3.05) is 4.90 Å². The van der Waals surface area contributed by atoms with Crippen LogP contribution in [-0.4, -0.2) is 21.5 Å². The Kier molecular flexibility index (Phi) is 7.61. The van der Waals surface area contributed by atoms with Crippen LogP contribution in [0.1, 0.15) is 33.6 Å². The van der Waals surface area contributed by atoms with Crippen molar-refractivity contribution in [3.8, 4) is 11.4 Å². The van der Waals surface area contributed by atoms with Gasteiger partial charge in [-0.25, -0.2) is 0 Å². The zero-order chi connectivity index (χ0) is 28.6. The second-order valence-electron chi connectivity index (χ2n) is 9.78. The van der Waals surface area contributed by atoms with Gasteiger partial charge in [0.05, 0.1) is 5.69 Å². The molecule has 1 aliphatic heterocycles. The summed E-state index contributed by atoms with van der Waals surface area (Å²) in [7, 11) is 0. The minimum absolute atomic E-state index is 0.0251. The summed E-state index contributed by atoms with van der Waals surface area (Å²) >= 11 is 11.6. The minimum Gasteiger partial charge on any atom is -0.489 e. The van der Waals surface area contributed by atoms with Crippen LogP contribution in [-0.2, 0) is 16.2 Å². The third-order valence-corrected chi connectivity index (χ3v) is 7.57. The maximum Gasteiger partial charge on any atom is 0.270 e. The maximum absolute atomic E-state index is 13.6. The molecule has 2 heterocycles. The van der Waals surface area contributed by atoms with Gasteiger partial charge in [-0.2, -0.15) is 0 Å². The first-order valence-corrected chi connectivity index (χ1v) is 13.6. The Hall–Kier alpha value is -4.20. The summed E-state index contributed by atoms with van der Waals surface area (Å²) in [6.07, 6.45) is 1.63. The van der Waals surface area contributed by atoms with Gasteiger partial charge in [0.1, 0.15) is 17.9 Å². The van der Waals surface area contributed by atoms with Crippen LogP contribution >= 0.6 is 23.8 Å². The summed E-state index contributed by atoms with van der Waals surface area (Å²) in [5.74, 6) is -0.244. The molecule has 0 aliphatic carbocycles. The SMILES string of the molecule is Cc1ccc(N2C(=O)/C(=C/c3cc(C)n(-c4ccc(OCc5ccccc5Cl)cc4)c3C)C(=O)NC2=S)c(C)c1. The number of anilines is 1. The number of amides is 2. The number of nitrogens with zero attached hydrogens (tertiary/aromatic N) is 2. The summed E-state index contributed by atoms with van der Waals surface area (Å²) in [5.41, 5.74) is 7.10. The molecule has 0 saturated carbocycles. The molecular weight excluding hydrogens is 542 g/mol. The summed E-state index contributed by atoms with van der Waals surface area (Å²) < 4.78 is 7.99. The predicted molar refractivity (Wildman–Crippen MR) is 163 cm³/mol. The van der Waals surface area contributed by atoms with Crippen LogP contribution in [0, 0.1) is 27.7 Å². The zero-order valence-electron chi connectivity index (χ0n) is 22.6. The molecular formula is C32H28ClN3O3S. The van der Waals surface area contributed by atoms with Gasteiger partial charge in [0, 0.05) is 27.7 Å². The molecule has 40 heavy (non-hydrogen) atoms. The number of aromatic nitrogens is 1. The highest BCUT2D eigenvalue weighted by atomic mass is 35.5. The standard InChI is InChI=1S/C32H28ClN3O3S/c1-19-9-14-29(20(2)15-19)36-31(38)27(30(37)34-32(36)40)17-24-16-21(3)35(22(24)4)25-10-12-26(13-11-25)39-18-23-7-5-6-8-28(23)33/h5-17H,18H2,1-4H3,(H,34,37,40)/b27-17+. The lowest BCUT2D eigenvalue weighted by Gasteiger charge is -2.30. The van der Waals surface area contributed by atoms with E-state index < -0.39 is 11.8 Å². The van der Waals surface area contributed by atoms with Crippen molar-refractivity contribution in [1.29, 1.82) is 0 Å². The molecule has 1 fully saturated rings. The predicted octanol–water partition coefficient (Wildman–Crippen LogP) is 6.77. The lowest BCUT2D eigenvalue weighted by Crippen LogP contribution is -2.54. The average molecular weight is 570 g/mol. The van der Waals surface area contributed by atoms with E-state index in [1.807, 2.05) is 100 Å². The van der Waals surface area contributed by atoms with Gasteiger partial charge in [-0.05, 0) is 99.6 Å². The molecule has 3 aromatic carbocycles. The fourth-order valence-electron chi connectivity index (χ4n) is 4.89. The van der Waals surface area contributed by atoms with E-state index in [0.29, 0.717) is 17.3 Å². The number of ether oxygens (including phenoxy) is 1. The third kappa shape index (κ3) is 5.30. The van der Waals surface area contributed by atoms with Gasteiger partial charge < -0.3 is 9.30 Å². The fourth-order valence-corrected chi connectivity index (χ4v) is 5.35. The van der Waals surface area contributed by atoms with Crippen molar-refractivity contribution in [2.45, 2.75) is 34.3 Å². The normalized spacial score (nSPS) is 14.6. The largest absolute Gasteiger partial charge is 0.489 e. The number of aryl methyl sites for hydroxylation is 3. The van der Waals surface area contributed by atoms with Crippen LogP contribution in [0.15, 0.2) is 78.4 Å². The molecule has 2 amide bonds. The van der Waals surface area contributed by atoms with E-state index in [9.17, 15) is 9.59 Å². The van der Waals surface area contributed by atoms with E-state index in [1.54, 1.807) is 6.08 Å². The molecule has 0 radical (unpaired) electrons. The molecule has 1 saturated heterocycles. The number of hydrogen-bond acceptors (Lipinski definition) is 4. The maximum atomic E-state index is 13.6. The van der Waals surface area contributed by atoms with Crippen LogP contribution in [0.2, 0.25) is 5.02 Å². The Morgan fingerprint density at radius 3 is 2.38 bits per heavy atom. The lowest BCUT2D eigenvalue weighted by atomic mass is 10.0. The molecule has 0 spiro atoms. The monoisotopic (exact) mass is 569 g/mol. The first kappa shape index (κ1) is 27.4. The number of rotatable bonds is 6. The summed E-state index contributed by atoms with van der Waals surface area (Å²) in [6, 6.07) is 23.0. The summed E-state index contributed by atoms with van der Waals surface area (Å²) in [6.45, 7) is 8.21. The minimum atomic E-state index is -0.513. The van der Waals surface area contributed by atoms with Gasteiger partial charge in [0.15, 0.2) is 5.11 Å². The van der Waals surface area contributed by atoms with Gasteiger partial charge in [0.25, 0.3) is 11.8 Å². The molecule has 0 bridgehead atoms. The highest BCUT2D eigenvalue weighted by Crippen LogP contribution is 2.29. The van der Waals surface area contributed by atoms with Gasteiger partial charge in [0.2, 0.25) is 0 Å². The molecule has 8 heteroatoms. The van der Waals surface area contributed by atoms with Crippen LogP contribution in [0.4, 0.5) is 5.69 Å². The molecule has 0 unspecified atom stereocenters. The third-order valence-electron chi connectivity index (χ3n) is 6.91.